The number of hydrogen-bond acceptors (Lipinski definition) is 4. The molecule has 0 saturated carbocycles. The van der Waals surface area contributed by atoms with Crippen LogP contribution in [-0.2, 0) is 14.4 Å². The van der Waals surface area contributed by atoms with Gasteiger partial charge in [0.1, 0.15) is 11.8 Å². The Morgan fingerprint density at radius 2 is 1.91 bits per heavy atom. The van der Waals surface area contributed by atoms with Crippen molar-refractivity contribution in [1.82, 2.24) is 5.32 Å². The number of Topliss-reactive ketones (excluding diaryl/α,β-unsaturated/α-hetero) is 1. The maximum absolute atomic E-state index is 12.4. The van der Waals surface area contributed by atoms with Gasteiger partial charge in [-0.25, -0.2) is 0 Å². The van der Waals surface area contributed by atoms with Crippen LogP contribution in [0.5, 0.6) is 0 Å². The first-order valence-electron chi connectivity index (χ1n) is 7.35. The fraction of sp³-hybridized carbons (Fsp3) is 0.412. The SMILES string of the molecule is CC(=O)CNC(=O)C(C(C)C)N(C(C)=O)c1cccc(C#N)c1. The van der Waals surface area contributed by atoms with E-state index in [2.05, 4.69) is 5.32 Å². The molecular weight excluding hydrogens is 294 g/mol. The molecule has 1 unspecified atom stereocenters. The molecule has 23 heavy (non-hydrogen) atoms. The van der Waals surface area contributed by atoms with Crippen LogP contribution < -0.4 is 10.2 Å². The normalized spacial score (nSPS) is 11.5. The summed E-state index contributed by atoms with van der Waals surface area (Å²) in [6.07, 6.45) is 0. The van der Waals surface area contributed by atoms with Gasteiger partial charge in [-0.1, -0.05) is 19.9 Å². The first-order valence-corrected chi connectivity index (χ1v) is 7.35. The van der Waals surface area contributed by atoms with Crippen molar-refractivity contribution in [1.29, 1.82) is 5.26 Å². The lowest BCUT2D eigenvalue weighted by Gasteiger charge is -2.32. The zero-order valence-electron chi connectivity index (χ0n) is 13.8. The number of anilines is 1. The molecule has 0 aliphatic carbocycles. The summed E-state index contributed by atoms with van der Waals surface area (Å²) in [4.78, 5) is 37.0. The lowest BCUT2D eigenvalue weighted by Crippen LogP contribution is -2.52. The van der Waals surface area contributed by atoms with E-state index in [1.165, 1.54) is 18.7 Å². The Morgan fingerprint density at radius 1 is 1.26 bits per heavy atom. The van der Waals surface area contributed by atoms with Crippen molar-refractivity contribution in [2.24, 2.45) is 5.92 Å². The summed E-state index contributed by atoms with van der Waals surface area (Å²) in [6, 6.07) is 7.78. The molecule has 0 saturated heterocycles. The maximum Gasteiger partial charge on any atom is 0.243 e. The largest absolute Gasteiger partial charge is 0.347 e. The van der Waals surface area contributed by atoms with Crippen molar-refractivity contribution < 1.29 is 14.4 Å². The van der Waals surface area contributed by atoms with Crippen LogP contribution in [0.2, 0.25) is 0 Å². The highest BCUT2D eigenvalue weighted by Crippen LogP contribution is 2.23. The second-order valence-corrected chi connectivity index (χ2v) is 5.66. The predicted molar refractivity (Wildman–Crippen MR) is 86.6 cm³/mol. The van der Waals surface area contributed by atoms with E-state index >= 15 is 0 Å². The molecular formula is C17H21N3O3. The number of hydrogen-bond donors (Lipinski definition) is 1. The van der Waals surface area contributed by atoms with Crippen LogP contribution in [0.4, 0.5) is 5.69 Å². The molecule has 122 valence electrons. The number of carbonyl (C=O) groups excluding carboxylic acids is 3. The maximum atomic E-state index is 12.4. The molecule has 1 aromatic carbocycles. The highest BCUT2D eigenvalue weighted by molar-refractivity contribution is 6.00. The van der Waals surface area contributed by atoms with E-state index in [0.717, 1.165) is 0 Å². The molecule has 0 aliphatic rings. The summed E-state index contributed by atoms with van der Waals surface area (Å²) in [6.45, 7) is 6.31. The van der Waals surface area contributed by atoms with Crippen molar-refractivity contribution >= 4 is 23.3 Å². The summed E-state index contributed by atoms with van der Waals surface area (Å²) >= 11 is 0. The summed E-state index contributed by atoms with van der Waals surface area (Å²) in [5, 5.41) is 11.6. The zero-order valence-corrected chi connectivity index (χ0v) is 13.8. The standard InChI is InChI=1S/C17H21N3O3/c1-11(2)16(17(23)19-10-12(3)21)20(13(4)22)15-7-5-6-14(8-15)9-18/h5-8,11,16H,10H2,1-4H3,(H,19,23). The Balaban J connectivity index is 3.21. The van der Waals surface area contributed by atoms with Crippen molar-refractivity contribution in [2.75, 3.05) is 11.4 Å². The van der Waals surface area contributed by atoms with Gasteiger partial charge in [-0.2, -0.15) is 5.26 Å². The lowest BCUT2D eigenvalue weighted by atomic mass is 10.00. The topological polar surface area (TPSA) is 90.3 Å². The molecule has 1 atom stereocenters. The van der Waals surface area contributed by atoms with E-state index in [1.54, 1.807) is 24.3 Å². The number of ketones is 1. The molecule has 0 fully saturated rings. The number of rotatable bonds is 6. The van der Waals surface area contributed by atoms with Crippen LogP contribution in [0.3, 0.4) is 0 Å². The Hall–Kier alpha value is -2.68. The van der Waals surface area contributed by atoms with E-state index in [1.807, 2.05) is 19.9 Å². The van der Waals surface area contributed by atoms with Crippen LogP contribution >= 0.6 is 0 Å². The van der Waals surface area contributed by atoms with Gasteiger partial charge in [0.25, 0.3) is 0 Å². The van der Waals surface area contributed by atoms with Gasteiger partial charge in [0.15, 0.2) is 0 Å². The van der Waals surface area contributed by atoms with Crippen LogP contribution in [0.1, 0.15) is 33.3 Å². The van der Waals surface area contributed by atoms with Gasteiger partial charge in [-0.05, 0) is 31.0 Å². The van der Waals surface area contributed by atoms with E-state index in [-0.39, 0.29) is 24.2 Å². The van der Waals surface area contributed by atoms with Gasteiger partial charge in [0, 0.05) is 12.6 Å². The molecule has 1 N–H and O–H groups in total. The van der Waals surface area contributed by atoms with Gasteiger partial charge in [0.2, 0.25) is 11.8 Å². The summed E-state index contributed by atoms with van der Waals surface area (Å²) in [5.41, 5.74) is 0.883. The third-order valence-electron chi connectivity index (χ3n) is 3.28. The average Bonchev–Trinajstić information content (AvgIpc) is 2.49. The van der Waals surface area contributed by atoms with E-state index in [0.29, 0.717) is 11.3 Å². The summed E-state index contributed by atoms with van der Waals surface area (Å²) in [5.74, 6) is -1.04. The van der Waals surface area contributed by atoms with Crippen LogP contribution in [0.15, 0.2) is 24.3 Å². The minimum absolute atomic E-state index is 0.0773. The predicted octanol–water partition coefficient (Wildman–Crippen LogP) is 1.64. The van der Waals surface area contributed by atoms with E-state index < -0.39 is 11.9 Å². The van der Waals surface area contributed by atoms with E-state index in [4.69, 9.17) is 5.26 Å². The quantitative estimate of drug-likeness (QED) is 0.864. The molecule has 0 aliphatic heterocycles. The van der Waals surface area contributed by atoms with E-state index in [9.17, 15) is 14.4 Å². The fourth-order valence-electron chi connectivity index (χ4n) is 2.30. The second kappa shape index (κ2) is 8.08. The molecule has 0 aromatic heterocycles. The van der Waals surface area contributed by atoms with Gasteiger partial charge < -0.3 is 5.32 Å². The molecule has 1 rings (SSSR count). The highest BCUT2D eigenvalue weighted by Gasteiger charge is 2.32. The highest BCUT2D eigenvalue weighted by atomic mass is 16.2. The van der Waals surface area contributed by atoms with Crippen molar-refractivity contribution in [2.45, 2.75) is 33.7 Å². The molecule has 0 heterocycles. The molecule has 0 bridgehead atoms. The monoisotopic (exact) mass is 315 g/mol. The van der Waals surface area contributed by atoms with Gasteiger partial charge in [-0.3, -0.25) is 19.3 Å². The van der Waals surface area contributed by atoms with Gasteiger partial charge in [0.05, 0.1) is 18.2 Å². The van der Waals surface area contributed by atoms with Crippen LogP contribution in [0.25, 0.3) is 0 Å². The lowest BCUT2D eigenvalue weighted by molar-refractivity contribution is -0.128. The Kier molecular flexibility index (Phi) is 6.46. The first-order chi connectivity index (χ1) is 10.8. The zero-order chi connectivity index (χ0) is 17.6. The number of nitriles is 1. The van der Waals surface area contributed by atoms with Crippen LogP contribution in [-0.4, -0.2) is 30.2 Å². The third kappa shape index (κ3) is 4.92. The number of carbonyl (C=O) groups is 3. The van der Waals surface area contributed by atoms with Crippen molar-refractivity contribution in [3.8, 4) is 6.07 Å². The molecule has 2 amide bonds. The minimum atomic E-state index is -0.763. The fourth-order valence-corrected chi connectivity index (χ4v) is 2.30. The minimum Gasteiger partial charge on any atom is -0.347 e. The first kappa shape index (κ1) is 18.4. The number of amides is 2. The van der Waals surface area contributed by atoms with Gasteiger partial charge >= 0.3 is 0 Å². The Labute approximate surface area is 136 Å². The molecule has 0 radical (unpaired) electrons. The number of nitrogens with one attached hydrogen (secondary N) is 1. The number of nitrogens with zero attached hydrogens (tertiary/aromatic N) is 2. The summed E-state index contributed by atoms with van der Waals surface area (Å²) in [7, 11) is 0. The molecule has 0 spiro atoms. The molecule has 6 nitrogen and oxygen atoms in total. The smallest absolute Gasteiger partial charge is 0.243 e. The Morgan fingerprint density at radius 3 is 2.39 bits per heavy atom. The third-order valence-corrected chi connectivity index (χ3v) is 3.28. The Bertz CT molecular complexity index is 647. The summed E-state index contributed by atoms with van der Waals surface area (Å²) < 4.78 is 0. The van der Waals surface area contributed by atoms with Gasteiger partial charge in [-0.15, -0.1) is 0 Å². The van der Waals surface area contributed by atoms with Crippen molar-refractivity contribution in [3.63, 3.8) is 0 Å². The number of benzene rings is 1. The molecule has 6 heteroatoms. The second-order valence-electron chi connectivity index (χ2n) is 5.66. The molecule has 1 aromatic rings. The van der Waals surface area contributed by atoms with Crippen molar-refractivity contribution in [3.05, 3.63) is 29.8 Å². The van der Waals surface area contributed by atoms with Crippen LogP contribution in [0, 0.1) is 17.2 Å². The average molecular weight is 315 g/mol.